The van der Waals surface area contributed by atoms with Gasteiger partial charge in [0.15, 0.2) is 0 Å². The van der Waals surface area contributed by atoms with Crippen molar-refractivity contribution in [2.24, 2.45) is 0 Å². The van der Waals surface area contributed by atoms with Crippen LogP contribution in [0.5, 0.6) is 0 Å². The summed E-state index contributed by atoms with van der Waals surface area (Å²) in [4.78, 5) is 8.05. The summed E-state index contributed by atoms with van der Waals surface area (Å²) in [6.07, 6.45) is 7.51. The molecular weight excluding hydrogens is 548 g/mol. The highest BCUT2D eigenvalue weighted by atomic mass is 15.0. The van der Waals surface area contributed by atoms with Crippen LogP contribution in [0.3, 0.4) is 0 Å². The molecule has 0 spiro atoms. The molecule has 5 aromatic carbocycles. The Morgan fingerprint density at radius 1 is 0.622 bits per heavy atom. The van der Waals surface area contributed by atoms with E-state index in [2.05, 4.69) is 136 Å². The van der Waals surface area contributed by atoms with Crippen molar-refractivity contribution in [1.82, 2.24) is 19.1 Å². The van der Waals surface area contributed by atoms with Crippen molar-refractivity contribution in [2.45, 2.75) is 27.7 Å². The maximum atomic E-state index is 4.79. The topological polar surface area (TPSA) is 38.5 Å². The number of fused-ring (bicyclic) bond motifs is 7. The van der Waals surface area contributed by atoms with Crippen molar-refractivity contribution < 1.29 is 0 Å². The number of benzene rings is 5. The van der Waals surface area contributed by atoms with Crippen LogP contribution in [-0.4, -0.2) is 19.1 Å². The van der Waals surface area contributed by atoms with E-state index >= 15 is 0 Å². The quantitative estimate of drug-likeness (QED) is 0.200. The summed E-state index contributed by atoms with van der Waals surface area (Å²) < 4.78 is 4.80. The highest BCUT2D eigenvalue weighted by molar-refractivity contribution is 6.26. The van der Waals surface area contributed by atoms with Crippen LogP contribution in [0.15, 0.2) is 140 Å². The first-order valence-corrected chi connectivity index (χ1v) is 15.8. The molecule has 0 saturated heterocycles. The second-order valence-corrected chi connectivity index (χ2v) is 10.2. The number of imidazole rings is 1. The number of aromatic amines is 1. The molecule has 0 aliphatic heterocycles. The summed E-state index contributed by atoms with van der Waals surface area (Å²) in [5, 5.41) is 4.97. The summed E-state index contributed by atoms with van der Waals surface area (Å²) in [5.41, 5.74) is 9.00. The molecular formula is C41H38N4. The Bertz CT molecular complexity index is 2280. The zero-order chi connectivity index (χ0) is 31.3. The number of aromatic nitrogens is 4. The van der Waals surface area contributed by atoms with E-state index < -0.39 is 0 Å². The lowest BCUT2D eigenvalue weighted by molar-refractivity contribution is 1.17. The molecule has 1 N–H and O–H groups in total. The average molecular weight is 587 g/mol. The Labute approximate surface area is 264 Å². The molecule has 0 atom stereocenters. The van der Waals surface area contributed by atoms with Gasteiger partial charge < -0.3 is 14.1 Å². The summed E-state index contributed by atoms with van der Waals surface area (Å²) in [7, 11) is 0. The lowest BCUT2D eigenvalue weighted by Gasteiger charge is -2.11. The van der Waals surface area contributed by atoms with Crippen molar-refractivity contribution in [1.29, 1.82) is 0 Å². The zero-order valence-corrected chi connectivity index (χ0v) is 26.3. The van der Waals surface area contributed by atoms with Crippen molar-refractivity contribution >= 4 is 49.7 Å². The molecule has 45 heavy (non-hydrogen) atoms. The number of nitrogens with zero attached hydrogens (tertiary/aromatic N) is 3. The first-order valence-electron chi connectivity index (χ1n) is 15.8. The zero-order valence-electron chi connectivity index (χ0n) is 26.3. The summed E-state index contributed by atoms with van der Waals surface area (Å²) in [6, 6.07) is 41.3. The van der Waals surface area contributed by atoms with Crippen LogP contribution >= 0.6 is 0 Å². The molecule has 0 saturated carbocycles. The largest absolute Gasteiger partial charge is 0.344 e. The lowest BCUT2D eigenvalue weighted by Crippen LogP contribution is -1.96. The highest BCUT2D eigenvalue weighted by Crippen LogP contribution is 2.42. The molecule has 8 aromatic rings. The number of nitrogens with one attached hydrogen (secondary N) is 1. The molecule has 0 bridgehead atoms. The van der Waals surface area contributed by atoms with Crippen molar-refractivity contribution in [3.8, 4) is 22.6 Å². The smallest absolute Gasteiger partial charge is 0.130 e. The first kappa shape index (κ1) is 29.5. The Morgan fingerprint density at radius 3 is 2.04 bits per heavy atom. The Kier molecular flexibility index (Phi) is 8.47. The third kappa shape index (κ3) is 5.04. The van der Waals surface area contributed by atoms with Gasteiger partial charge in [-0.25, -0.2) is 4.98 Å². The van der Waals surface area contributed by atoms with E-state index in [-0.39, 0.29) is 0 Å². The molecule has 0 aliphatic rings. The van der Waals surface area contributed by atoms with Gasteiger partial charge in [-0.05, 0) is 48.5 Å². The first-order chi connectivity index (χ1) is 22.3. The predicted octanol–water partition coefficient (Wildman–Crippen LogP) is 11.5. The number of allylic oxidation sites excluding steroid dienone is 2. The fourth-order valence-electron chi connectivity index (χ4n) is 6.17. The van der Waals surface area contributed by atoms with Gasteiger partial charge in [0, 0.05) is 44.7 Å². The molecule has 3 aromatic heterocycles. The van der Waals surface area contributed by atoms with Gasteiger partial charge in [-0.15, -0.1) is 0 Å². The minimum atomic E-state index is 0.803. The van der Waals surface area contributed by atoms with Gasteiger partial charge in [-0.3, -0.25) is 0 Å². The molecule has 8 rings (SSSR count). The molecule has 4 heteroatoms. The van der Waals surface area contributed by atoms with Crippen LogP contribution in [0, 0.1) is 0 Å². The molecule has 0 amide bonds. The number of hydrogen-bond acceptors (Lipinski definition) is 1. The van der Waals surface area contributed by atoms with Gasteiger partial charge in [0.25, 0.3) is 0 Å². The van der Waals surface area contributed by atoms with Gasteiger partial charge in [0.1, 0.15) is 5.82 Å². The summed E-state index contributed by atoms with van der Waals surface area (Å²) in [5.74, 6) is 0.803. The van der Waals surface area contributed by atoms with E-state index in [4.69, 9.17) is 4.98 Å². The van der Waals surface area contributed by atoms with Crippen molar-refractivity contribution in [3.63, 3.8) is 0 Å². The summed E-state index contributed by atoms with van der Waals surface area (Å²) >= 11 is 0. The number of H-pyrrole nitrogens is 1. The lowest BCUT2D eigenvalue weighted by atomic mass is 10.1. The standard InChI is InChI=1S/C37H26N4.2C2H6/c1-2-3-20-35-38-24-31(39-35)25-12-11-15-27(23-25)41-32-18-9-7-16-28(32)29-21-22-34-36(37(29)41)30-17-8-10-19-33(30)40(34)26-13-5-4-6-14-26;2*1-2/h2-24H,1H2,(H,38,39);2*1-2H3/b20-3-;;. The van der Waals surface area contributed by atoms with E-state index in [0.29, 0.717) is 0 Å². The van der Waals surface area contributed by atoms with E-state index in [1.54, 1.807) is 6.08 Å². The fourth-order valence-corrected chi connectivity index (χ4v) is 6.17. The van der Waals surface area contributed by atoms with Crippen LogP contribution in [0.1, 0.15) is 33.5 Å². The normalized spacial score (nSPS) is 11.1. The Hall–Kier alpha value is -5.61. The molecule has 0 aliphatic carbocycles. The van der Waals surface area contributed by atoms with Gasteiger partial charge in [-0.2, -0.15) is 0 Å². The van der Waals surface area contributed by atoms with Crippen molar-refractivity contribution in [3.05, 3.63) is 146 Å². The van der Waals surface area contributed by atoms with Gasteiger partial charge in [0.2, 0.25) is 0 Å². The van der Waals surface area contributed by atoms with Crippen LogP contribution < -0.4 is 0 Å². The maximum absolute atomic E-state index is 4.79. The minimum absolute atomic E-state index is 0.803. The Morgan fingerprint density at radius 2 is 1.29 bits per heavy atom. The highest BCUT2D eigenvalue weighted by Gasteiger charge is 2.20. The van der Waals surface area contributed by atoms with E-state index in [9.17, 15) is 0 Å². The average Bonchev–Trinajstić information content (AvgIpc) is 3.82. The SMILES string of the molecule is C=C/C=C\c1nc(-c2cccc(-n3c4ccccc4c4ccc5c(c6ccccc6n5-c5ccccc5)c43)c2)c[nH]1.CC.CC. The predicted molar refractivity (Wildman–Crippen MR) is 195 cm³/mol. The van der Waals surface area contributed by atoms with E-state index in [1.807, 2.05) is 46.0 Å². The molecule has 0 fully saturated rings. The third-order valence-electron chi connectivity index (χ3n) is 7.87. The molecule has 0 unspecified atom stereocenters. The number of hydrogen-bond donors (Lipinski definition) is 1. The van der Waals surface area contributed by atoms with Gasteiger partial charge in [-0.1, -0.05) is 119 Å². The molecule has 4 nitrogen and oxygen atoms in total. The van der Waals surface area contributed by atoms with Crippen LogP contribution in [0.2, 0.25) is 0 Å². The monoisotopic (exact) mass is 586 g/mol. The Balaban J connectivity index is 0.000000860. The number of para-hydroxylation sites is 3. The second kappa shape index (κ2) is 12.9. The van der Waals surface area contributed by atoms with Gasteiger partial charge in [0.05, 0.1) is 27.8 Å². The summed E-state index contributed by atoms with van der Waals surface area (Å²) in [6.45, 7) is 11.8. The van der Waals surface area contributed by atoms with E-state index in [0.717, 1.165) is 28.5 Å². The second-order valence-electron chi connectivity index (χ2n) is 10.2. The van der Waals surface area contributed by atoms with Crippen LogP contribution in [0.25, 0.3) is 72.3 Å². The molecule has 222 valence electrons. The van der Waals surface area contributed by atoms with Crippen LogP contribution in [-0.2, 0) is 0 Å². The van der Waals surface area contributed by atoms with E-state index in [1.165, 1.54) is 43.6 Å². The number of rotatable bonds is 5. The van der Waals surface area contributed by atoms with Gasteiger partial charge >= 0.3 is 0 Å². The maximum Gasteiger partial charge on any atom is 0.130 e. The third-order valence-corrected chi connectivity index (χ3v) is 7.87. The molecule has 0 radical (unpaired) electrons. The fraction of sp³-hybridized carbons (Fsp3) is 0.0976. The minimum Gasteiger partial charge on any atom is -0.344 e. The molecule has 3 heterocycles. The van der Waals surface area contributed by atoms with Crippen LogP contribution in [0.4, 0.5) is 0 Å². The van der Waals surface area contributed by atoms with Crippen molar-refractivity contribution in [2.75, 3.05) is 0 Å².